The summed E-state index contributed by atoms with van der Waals surface area (Å²) in [6.07, 6.45) is 1.06. The third kappa shape index (κ3) is 4.67. The number of carbonyl (C=O) groups is 1. The Balaban J connectivity index is 0.00000289. The number of amides is 1. The van der Waals surface area contributed by atoms with Gasteiger partial charge >= 0.3 is 0 Å². The summed E-state index contributed by atoms with van der Waals surface area (Å²) >= 11 is 0. The SMILES string of the molecule is CCC(C)C(C)NC(=O)c1ccc(CN)cc1.Cl. The lowest BCUT2D eigenvalue weighted by Gasteiger charge is -2.19. The molecule has 0 aliphatic heterocycles. The minimum Gasteiger partial charge on any atom is -0.349 e. The molecule has 2 atom stereocenters. The Labute approximate surface area is 116 Å². The molecular formula is C14H23ClN2O. The van der Waals surface area contributed by atoms with E-state index in [0.717, 1.165) is 12.0 Å². The van der Waals surface area contributed by atoms with Crippen LogP contribution in [0.5, 0.6) is 0 Å². The molecule has 0 fully saturated rings. The van der Waals surface area contributed by atoms with Crippen molar-refractivity contribution in [2.24, 2.45) is 11.7 Å². The molecule has 0 radical (unpaired) electrons. The maximum absolute atomic E-state index is 11.9. The van der Waals surface area contributed by atoms with E-state index in [1.54, 1.807) is 0 Å². The van der Waals surface area contributed by atoms with Crippen molar-refractivity contribution in [1.29, 1.82) is 0 Å². The number of rotatable bonds is 5. The number of nitrogens with one attached hydrogen (secondary N) is 1. The van der Waals surface area contributed by atoms with E-state index >= 15 is 0 Å². The van der Waals surface area contributed by atoms with Gasteiger partial charge in [0.15, 0.2) is 0 Å². The number of nitrogens with two attached hydrogens (primary N) is 1. The highest BCUT2D eigenvalue weighted by Crippen LogP contribution is 2.09. The van der Waals surface area contributed by atoms with Gasteiger partial charge in [0.1, 0.15) is 0 Å². The van der Waals surface area contributed by atoms with Crippen LogP contribution in [0.2, 0.25) is 0 Å². The van der Waals surface area contributed by atoms with E-state index in [4.69, 9.17) is 5.73 Å². The maximum Gasteiger partial charge on any atom is 0.251 e. The smallest absolute Gasteiger partial charge is 0.251 e. The van der Waals surface area contributed by atoms with Crippen LogP contribution < -0.4 is 11.1 Å². The highest BCUT2D eigenvalue weighted by Gasteiger charge is 2.14. The third-order valence-corrected chi connectivity index (χ3v) is 3.31. The summed E-state index contributed by atoms with van der Waals surface area (Å²) in [7, 11) is 0. The Bertz CT molecular complexity index is 365. The molecule has 0 saturated heterocycles. The summed E-state index contributed by atoms with van der Waals surface area (Å²) in [4.78, 5) is 11.9. The summed E-state index contributed by atoms with van der Waals surface area (Å²) in [5.74, 6) is 0.476. The van der Waals surface area contributed by atoms with Gasteiger partial charge in [-0.3, -0.25) is 4.79 Å². The van der Waals surface area contributed by atoms with E-state index in [9.17, 15) is 4.79 Å². The second-order valence-electron chi connectivity index (χ2n) is 4.55. The second-order valence-corrected chi connectivity index (χ2v) is 4.55. The van der Waals surface area contributed by atoms with Crippen molar-refractivity contribution in [2.75, 3.05) is 0 Å². The number of halogens is 1. The normalized spacial score (nSPS) is 13.3. The van der Waals surface area contributed by atoms with Gasteiger partial charge in [-0.1, -0.05) is 32.4 Å². The Morgan fingerprint density at radius 2 is 1.83 bits per heavy atom. The van der Waals surface area contributed by atoms with Gasteiger partial charge in [0.2, 0.25) is 0 Å². The molecule has 0 bridgehead atoms. The van der Waals surface area contributed by atoms with Gasteiger partial charge in [0.05, 0.1) is 0 Å². The third-order valence-electron chi connectivity index (χ3n) is 3.31. The molecule has 0 aliphatic rings. The average molecular weight is 271 g/mol. The van der Waals surface area contributed by atoms with Crippen molar-refractivity contribution in [1.82, 2.24) is 5.32 Å². The Hall–Kier alpha value is -1.06. The first-order valence-electron chi connectivity index (χ1n) is 6.18. The van der Waals surface area contributed by atoms with E-state index in [-0.39, 0.29) is 24.4 Å². The summed E-state index contributed by atoms with van der Waals surface area (Å²) in [5, 5.41) is 3.01. The zero-order valence-electron chi connectivity index (χ0n) is 11.3. The number of carbonyl (C=O) groups excluding carboxylic acids is 1. The first kappa shape index (κ1) is 16.9. The predicted octanol–water partition coefficient (Wildman–Crippen LogP) is 2.73. The lowest BCUT2D eigenvalue weighted by Crippen LogP contribution is -2.36. The molecule has 3 nitrogen and oxygen atoms in total. The van der Waals surface area contributed by atoms with Crippen LogP contribution in [0.1, 0.15) is 43.1 Å². The quantitative estimate of drug-likeness (QED) is 0.864. The summed E-state index contributed by atoms with van der Waals surface area (Å²) < 4.78 is 0. The molecule has 102 valence electrons. The molecule has 1 aromatic carbocycles. The molecule has 0 spiro atoms. The van der Waals surface area contributed by atoms with E-state index in [2.05, 4.69) is 19.2 Å². The van der Waals surface area contributed by atoms with Crippen molar-refractivity contribution in [3.05, 3.63) is 35.4 Å². The fraction of sp³-hybridized carbons (Fsp3) is 0.500. The molecule has 0 aromatic heterocycles. The van der Waals surface area contributed by atoms with Crippen LogP contribution in [-0.2, 0) is 6.54 Å². The predicted molar refractivity (Wildman–Crippen MR) is 78.0 cm³/mol. The fourth-order valence-electron chi connectivity index (χ4n) is 1.58. The first-order chi connectivity index (χ1) is 8.08. The van der Waals surface area contributed by atoms with Gasteiger partial charge in [-0.05, 0) is 30.5 Å². The molecule has 1 rings (SSSR count). The Morgan fingerprint density at radius 3 is 2.28 bits per heavy atom. The van der Waals surface area contributed by atoms with Crippen LogP contribution in [0.15, 0.2) is 24.3 Å². The zero-order chi connectivity index (χ0) is 12.8. The van der Waals surface area contributed by atoms with Crippen molar-refractivity contribution in [3.63, 3.8) is 0 Å². The fourth-order valence-corrected chi connectivity index (χ4v) is 1.58. The van der Waals surface area contributed by atoms with E-state index in [1.165, 1.54) is 0 Å². The van der Waals surface area contributed by atoms with Crippen LogP contribution >= 0.6 is 12.4 Å². The maximum atomic E-state index is 11.9. The lowest BCUT2D eigenvalue weighted by molar-refractivity contribution is 0.0928. The van der Waals surface area contributed by atoms with Gasteiger partial charge in [-0.25, -0.2) is 0 Å². The van der Waals surface area contributed by atoms with E-state index in [1.807, 2.05) is 31.2 Å². The summed E-state index contributed by atoms with van der Waals surface area (Å²) in [6.45, 7) is 6.82. The van der Waals surface area contributed by atoms with Gasteiger partial charge in [0.25, 0.3) is 5.91 Å². The van der Waals surface area contributed by atoms with Crippen LogP contribution in [-0.4, -0.2) is 11.9 Å². The number of benzene rings is 1. The van der Waals surface area contributed by atoms with Crippen LogP contribution in [0.25, 0.3) is 0 Å². The average Bonchev–Trinajstić information content (AvgIpc) is 2.37. The molecule has 4 heteroatoms. The van der Waals surface area contributed by atoms with Gasteiger partial charge in [-0.2, -0.15) is 0 Å². The Kier molecular flexibility index (Phi) is 7.64. The van der Waals surface area contributed by atoms with Gasteiger partial charge in [-0.15, -0.1) is 12.4 Å². The van der Waals surface area contributed by atoms with Crippen molar-refractivity contribution >= 4 is 18.3 Å². The monoisotopic (exact) mass is 270 g/mol. The zero-order valence-corrected chi connectivity index (χ0v) is 12.1. The molecule has 1 aromatic rings. The molecule has 3 N–H and O–H groups in total. The molecule has 1 amide bonds. The lowest BCUT2D eigenvalue weighted by atomic mass is 10.0. The number of hydrogen-bond acceptors (Lipinski definition) is 2. The molecule has 0 saturated carbocycles. The van der Waals surface area contributed by atoms with E-state index < -0.39 is 0 Å². The van der Waals surface area contributed by atoms with Crippen LogP contribution in [0, 0.1) is 5.92 Å². The first-order valence-corrected chi connectivity index (χ1v) is 6.18. The van der Waals surface area contributed by atoms with Gasteiger partial charge < -0.3 is 11.1 Å². The van der Waals surface area contributed by atoms with Crippen molar-refractivity contribution in [2.45, 2.75) is 39.8 Å². The topological polar surface area (TPSA) is 55.1 Å². The highest BCUT2D eigenvalue weighted by atomic mass is 35.5. The summed E-state index contributed by atoms with van der Waals surface area (Å²) in [6, 6.07) is 7.62. The minimum atomic E-state index is -0.0126. The summed E-state index contributed by atoms with van der Waals surface area (Å²) in [5.41, 5.74) is 7.24. The minimum absolute atomic E-state index is 0. The van der Waals surface area contributed by atoms with Crippen molar-refractivity contribution in [3.8, 4) is 0 Å². The second kappa shape index (κ2) is 8.11. The molecule has 0 heterocycles. The molecular weight excluding hydrogens is 248 g/mol. The van der Waals surface area contributed by atoms with Gasteiger partial charge in [0, 0.05) is 18.2 Å². The number of hydrogen-bond donors (Lipinski definition) is 2. The molecule has 18 heavy (non-hydrogen) atoms. The largest absolute Gasteiger partial charge is 0.349 e. The van der Waals surface area contributed by atoms with Crippen molar-refractivity contribution < 1.29 is 4.79 Å². The molecule has 0 aliphatic carbocycles. The van der Waals surface area contributed by atoms with E-state index in [0.29, 0.717) is 18.0 Å². The highest BCUT2D eigenvalue weighted by molar-refractivity contribution is 5.94. The van der Waals surface area contributed by atoms with Crippen LogP contribution in [0.4, 0.5) is 0 Å². The molecule has 2 unspecified atom stereocenters. The Morgan fingerprint density at radius 1 is 1.28 bits per heavy atom. The van der Waals surface area contributed by atoms with Crippen LogP contribution in [0.3, 0.4) is 0 Å². The standard InChI is InChI=1S/C14H22N2O.ClH/c1-4-10(2)11(3)16-14(17)13-7-5-12(9-15)6-8-13;/h5-8,10-11H,4,9,15H2,1-3H3,(H,16,17);1H.